The van der Waals surface area contributed by atoms with Gasteiger partial charge in [-0.25, -0.2) is 9.80 Å². The van der Waals surface area contributed by atoms with E-state index < -0.39 is 0 Å². The number of anilines is 1. The van der Waals surface area contributed by atoms with E-state index in [0.717, 1.165) is 11.3 Å². The minimum Gasteiger partial charge on any atom is -0.462 e. The molecule has 112 valence electrons. The van der Waals surface area contributed by atoms with Crippen molar-refractivity contribution >= 4 is 11.7 Å². The summed E-state index contributed by atoms with van der Waals surface area (Å²) in [5.74, 6) is -0.317. The van der Waals surface area contributed by atoms with E-state index in [1.165, 1.54) is 0 Å². The number of aromatic nitrogens is 1. The summed E-state index contributed by atoms with van der Waals surface area (Å²) in [4.78, 5) is 15.7. The van der Waals surface area contributed by atoms with Crippen LogP contribution in [0.1, 0.15) is 28.9 Å². The van der Waals surface area contributed by atoms with Crippen molar-refractivity contribution in [2.24, 2.45) is 10.3 Å². The van der Waals surface area contributed by atoms with E-state index in [1.54, 1.807) is 31.5 Å². The fourth-order valence-electron chi connectivity index (χ4n) is 2.35. The van der Waals surface area contributed by atoms with Crippen molar-refractivity contribution in [2.45, 2.75) is 13.0 Å². The monoisotopic (exact) mass is 296 g/mol. The molecular weight excluding hydrogens is 280 g/mol. The number of carbonyl (C=O) groups is 1. The maximum absolute atomic E-state index is 11.7. The van der Waals surface area contributed by atoms with Crippen LogP contribution in [-0.2, 0) is 4.74 Å². The highest BCUT2D eigenvalue weighted by molar-refractivity contribution is 5.89. The molecule has 0 spiro atoms. The molecule has 0 saturated heterocycles. The smallest absolute Gasteiger partial charge is 0.338 e. The number of esters is 1. The van der Waals surface area contributed by atoms with Crippen LogP contribution in [-0.4, -0.2) is 24.1 Å². The Morgan fingerprint density at radius 3 is 2.64 bits per heavy atom. The predicted molar refractivity (Wildman–Crippen MR) is 81.6 cm³/mol. The lowest BCUT2D eigenvalue weighted by Gasteiger charge is -2.22. The number of carbonyl (C=O) groups excluding carboxylic acids is 1. The van der Waals surface area contributed by atoms with Crippen molar-refractivity contribution in [3.8, 4) is 0 Å². The average molecular weight is 296 g/mol. The summed E-state index contributed by atoms with van der Waals surface area (Å²) in [5.41, 5.74) is 2.52. The van der Waals surface area contributed by atoms with Gasteiger partial charge >= 0.3 is 5.97 Å². The lowest BCUT2D eigenvalue weighted by atomic mass is 10.1. The van der Waals surface area contributed by atoms with Crippen LogP contribution < -0.4 is 5.01 Å². The first kappa shape index (κ1) is 14.2. The van der Waals surface area contributed by atoms with Crippen LogP contribution in [0.3, 0.4) is 0 Å². The third-order valence-corrected chi connectivity index (χ3v) is 3.44. The number of hydrogen-bond acceptors (Lipinski definition) is 6. The first-order valence-corrected chi connectivity index (χ1v) is 7.13. The van der Waals surface area contributed by atoms with Gasteiger partial charge in [-0.15, -0.1) is 0 Å². The molecule has 0 amide bonds. The molecule has 22 heavy (non-hydrogen) atoms. The third-order valence-electron chi connectivity index (χ3n) is 3.44. The molecule has 6 nitrogen and oxygen atoms in total. The molecular formula is C16H16N4O2. The summed E-state index contributed by atoms with van der Waals surface area (Å²) in [6.45, 7) is 2.75. The van der Waals surface area contributed by atoms with Crippen molar-refractivity contribution < 1.29 is 9.53 Å². The van der Waals surface area contributed by atoms with Crippen LogP contribution in [0.25, 0.3) is 0 Å². The molecule has 0 N–H and O–H groups in total. The maximum atomic E-state index is 11.7. The van der Waals surface area contributed by atoms with Gasteiger partial charge in [0, 0.05) is 12.4 Å². The number of hydrogen-bond donors (Lipinski definition) is 0. The van der Waals surface area contributed by atoms with Crippen molar-refractivity contribution in [3.63, 3.8) is 0 Å². The number of nitrogens with zero attached hydrogens (tertiary/aromatic N) is 4. The molecule has 1 aromatic heterocycles. The number of pyridine rings is 1. The Balaban J connectivity index is 1.81. The summed E-state index contributed by atoms with van der Waals surface area (Å²) in [5, 5.41) is 10.2. The van der Waals surface area contributed by atoms with E-state index in [1.807, 2.05) is 29.3 Å². The molecule has 1 aliphatic rings. The zero-order valence-electron chi connectivity index (χ0n) is 12.2. The minimum atomic E-state index is -0.317. The molecule has 2 aromatic rings. The quantitative estimate of drug-likeness (QED) is 0.813. The first-order chi connectivity index (χ1) is 10.8. The molecule has 0 fully saturated rings. The maximum Gasteiger partial charge on any atom is 0.338 e. The van der Waals surface area contributed by atoms with Crippen molar-refractivity contribution in [2.75, 3.05) is 18.2 Å². The van der Waals surface area contributed by atoms with Gasteiger partial charge in [0.05, 0.1) is 24.4 Å². The van der Waals surface area contributed by atoms with Gasteiger partial charge in [0.2, 0.25) is 0 Å². The zero-order chi connectivity index (χ0) is 15.4. The molecule has 1 atom stereocenters. The lowest BCUT2D eigenvalue weighted by Crippen LogP contribution is -2.20. The summed E-state index contributed by atoms with van der Waals surface area (Å²) in [6, 6.07) is 11.2. The second-order valence-electron chi connectivity index (χ2n) is 4.82. The van der Waals surface area contributed by atoms with Crippen LogP contribution in [0.2, 0.25) is 0 Å². The molecule has 0 radical (unpaired) electrons. The van der Waals surface area contributed by atoms with Gasteiger partial charge in [0.15, 0.2) is 0 Å². The van der Waals surface area contributed by atoms with Crippen LogP contribution in [0.5, 0.6) is 0 Å². The Bertz CT molecular complexity index is 670. The van der Waals surface area contributed by atoms with Gasteiger partial charge in [-0.1, -0.05) is 5.22 Å². The predicted octanol–water partition coefficient (Wildman–Crippen LogP) is 3.19. The molecule has 6 heteroatoms. The Labute approximate surface area is 128 Å². The van der Waals surface area contributed by atoms with Gasteiger partial charge in [-0.05, 0) is 48.9 Å². The first-order valence-electron chi connectivity index (χ1n) is 7.13. The van der Waals surface area contributed by atoms with Crippen LogP contribution >= 0.6 is 0 Å². The highest BCUT2D eigenvalue weighted by atomic mass is 16.5. The molecule has 1 aliphatic heterocycles. The Hall–Kier alpha value is -2.76. The fourth-order valence-corrected chi connectivity index (χ4v) is 2.35. The largest absolute Gasteiger partial charge is 0.462 e. The molecule has 1 aromatic carbocycles. The molecule has 3 rings (SSSR count). The van der Waals surface area contributed by atoms with Gasteiger partial charge in [0.25, 0.3) is 0 Å². The SMILES string of the molecule is CCOC(=O)c1ccc(N2N=NCC2c2ccncc2)cc1. The van der Waals surface area contributed by atoms with Gasteiger partial charge in [0.1, 0.15) is 6.04 Å². The second-order valence-corrected chi connectivity index (χ2v) is 4.82. The van der Waals surface area contributed by atoms with E-state index >= 15 is 0 Å². The zero-order valence-corrected chi connectivity index (χ0v) is 12.2. The summed E-state index contributed by atoms with van der Waals surface area (Å²) < 4.78 is 4.98. The molecule has 0 aliphatic carbocycles. The van der Waals surface area contributed by atoms with Crippen molar-refractivity contribution in [1.82, 2.24) is 4.98 Å². The van der Waals surface area contributed by atoms with Crippen molar-refractivity contribution in [1.29, 1.82) is 0 Å². The summed E-state index contributed by atoms with van der Waals surface area (Å²) >= 11 is 0. The van der Waals surface area contributed by atoms with E-state index in [0.29, 0.717) is 18.7 Å². The standard InChI is InChI=1S/C16H16N4O2/c1-2-22-16(21)13-3-5-14(6-4-13)20-15(11-18-19-20)12-7-9-17-10-8-12/h3-10,15H,2,11H2,1H3. The molecule has 2 heterocycles. The fraction of sp³-hybridized carbons (Fsp3) is 0.250. The van der Waals surface area contributed by atoms with Gasteiger partial charge in [-0.2, -0.15) is 5.11 Å². The lowest BCUT2D eigenvalue weighted by molar-refractivity contribution is 0.0526. The Morgan fingerprint density at radius 2 is 1.95 bits per heavy atom. The van der Waals surface area contributed by atoms with Crippen LogP contribution in [0, 0.1) is 0 Å². The molecule has 0 bridgehead atoms. The van der Waals surface area contributed by atoms with Crippen LogP contribution in [0.4, 0.5) is 5.69 Å². The number of ether oxygens (including phenoxy) is 1. The average Bonchev–Trinajstić information content (AvgIpc) is 3.06. The van der Waals surface area contributed by atoms with Crippen LogP contribution in [0.15, 0.2) is 59.1 Å². The van der Waals surface area contributed by atoms with E-state index in [2.05, 4.69) is 15.3 Å². The number of benzene rings is 1. The van der Waals surface area contributed by atoms with E-state index in [4.69, 9.17) is 4.74 Å². The second kappa shape index (κ2) is 6.34. The summed E-state index contributed by atoms with van der Waals surface area (Å²) in [7, 11) is 0. The number of rotatable bonds is 4. The third kappa shape index (κ3) is 2.81. The van der Waals surface area contributed by atoms with Gasteiger partial charge in [-0.3, -0.25) is 4.98 Å². The van der Waals surface area contributed by atoms with E-state index in [-0.39, 0.29) is 12.0 Å². The van der Waals surface area contributed by atoms with Crippen molar-refractivity contribution in [3.05, 3.63) is 59.9 Å². The highest BCUT2D eigenvalue weighted by Crippen LogP contribution is 2.31. The topological polar surface area (TPSA) is 67.2 Å². The molecule has 0 saturated carbocycles. The summed E-state index contributed by atoms with van der Waals surface area (Å²) in [6.07, 6.45) is 3.52. The Morgan fingerprint density at radius 1 is 1.23 bits per heavy atom. The molecule has 1 unspecified atom stereocenters. The Kier molecular flexibility index (Phi) is 4.09. The van der Waals surface area contributed by atoms with Gasteiger partial charge < -0.3 is 4.74 Å². The normalized spacial score (nSPS) is 16.8. The minimum absolute atomic E-state index is 0.0523. The van der Waals surface area contributed by atoms with E-state index in [9.17, 15) is 4.79 Å². The highest BCUT2D eigenvalue weighted by Gasteiger charge is 2.25.